The summed E-state index contributed by atoms with van der Waals surface area (Å²) >= 11 is 0. The molecule has 1 heterocycles. The van der Waals surface area contributed by atoms with Gasteiger partial charge >= 0.3 is 0 Å². The molecule has 1 aromatic heterocycles. The van der Waals surface area contributed by atoms with E-state index in [4.69, 9.17) is 15.2 Å². The average Bonchev–Trinajstić information content (AvgIpc) is 2.73. The normalized spacial score (nSPS) is 9.56. The van der Waals surface area contributed by atoms with Crippen molar-refractivity contribution in [3.8, 4) is 17.2 Å². The van der Waals surface area contributed by atoms with Gasteiger partial charge < -0.3 is 20.3 Å². The first-order chi connectivity index (χ1) is 13.1. The van der Waals surface area contributed by atoms with Crippen LogP contribution in [-0.4, -0.2) is 24.3 Å². The number of nitrogens with zero attached hydrogens (tertiary/aromatic N) is 1. The highest BCUT2D eigenvalue weighted by Crippen LogP contribution is 2.34. The highest BCUT2D eigenvalue weighted by Gasteiger charge is 2.10. The molecule has 0 bridgehead atoms. The minimum atomic E-state index is 0.0937. The van der Waals surface area contributed by atoms with E-state index >= 15 is 0 Å². The number of ether oxygens (including phenoxy) is 2. The minimum Gasteiger partial charge on any atom is -0.506 e. The number of phenols is 1. The number of rotatable bonds is 4. The van der Waals surface area contributed by atoms with Gasteiger partial charge in [-0.3, -0.25) is 4.98 Å². The second-order valence-corrected chi connectivity index (χ2v) is 5.30. The van der Waals surface area contributed by atoms with Gasteiger partial charge in [0.05, 0.1) is 19.9 Å². The van der Waals surface area contributed by atoms with E-state index in [2.05, 4.69) is 4.98 Å². The van der Waals surface area contributed by atoms with Crippen LogP contribution in [0.15, 0.2) is 42.7 Å². The highest BCUT2D eigenvalue weighted by atomic mass is 16.5. The number of nitrogens with two attached hydrogens (primary N) is 1. The smallest absolute Gasteiger partial charge is 0.161 e. The third-order valence-corrected chi connectivity index (χ3v) is 3.83. The summed E-state index contributed by atoms with van der Waals surface area (Å²) in [6.45, 7) is 8.00. The summed E-state index contributed by atoms with van der Waals surface area (Å²) in [5.41, 5.74) is 8.19. The third kappa shape index (κ3) is 5.26. The lowest BCUT2D eigenvalue weighted by molar-refractivity contribution is 0.356. The Labute approximate surface area is 161 Å². The SMILES string of the molecule is CC.CC.COc1cc2cncc(Cc3ccc(O)c(N)c3)c2cc1OC. The van der Waals surface area contributed by atoms with Gasteiger partial charge in [0.2, 0.25) is 0 Å². The lowest BCUT2D eigenvalue weighted by Gasteiger charge is -2.12. The molecule has 27 heavy (non-hydrogen) atoms. The van der Waals surface area contributed by atoms with E-state index in [1.807, 2.05) is 52.1 Å². The molecule has 3 aromatic rings. The van der Waals surface area contributed by atoms with E-state index in [0.29, 0.717) is 23.6 Å². The molecule has 3 rings (SSSR count). The van der Waals surface area contributed by atoms with Crippen molar-refractivity contribution in [2.45, 2.75) is 34.1 Å². The number of nitrogen functional groups attached to an aromatic ring is 1. The van der Waals surface area contributed by atoms with Crippen LogP contribution in [0.1, 0.15) is 38.8 Å². The standard InChI is InChI=1S/C18H18N2O3.2C2H6/c1-22-17-7-13-10-20-9-12(14(13)8-18(17)23-2)5-11-3-4-16(21)15(19)6-11;2*1-2/h3-4,6-10,21H,5,19H2,1-2H3;2*1-2H3. The van der Waals surface area contributed by atoms with Gasteiger partial charge in [0.1, 0.15) is 5.75 Å². The van der Waals surface area contributed by atoms with E-state index in [-0.39, 0.29) is 5.75 Å². The molecule has 0 atom stereocenters. The van der Waals surface area contributed by atoms with Crippen molar-refractivity contribution in [3.63, 3.8) is 0 Å². The topological polar surface area (TPSA) is 77.6 Å². The molecule has 0 radical (unpaired) electrons. The fourth-order valence-electron chi connectivity index (χ4n) is 2.63. The van der Waals surface area contributed by atoms with Gasteiger partial charge in [-0.25, -0.2) is 0 Å². The number of benzene rings is 2. The molecule has 5 heteroatoms. The van der Waals surface area contributed by atoms with Crippen molar-refractivity contribution >= 4 is 16.5 Å². The Balaban J connectivity index is 0.000000855. The Morgan fingerprint density at radius 1 is 0.926 bits per heavy atom. The van der Waals surface area contributed by atoms with Gasteiger partial charge in [0.25, 0.3) is 0 Å². The molecule has 0 saturated heterocycles. The first-order valence-corrected chi connectivity index (χ1v) is 9.18. The quantitative estimate of drug-likeness (QED) is 0.488. The highest BCUT2D eigenvalue weighted by molar-refractivity contribution is 5.88. The Hall–Kier alpha value is -2.95. The van der Waals surface area contributed by atoms with Crippen LogP contribution in [0.4, 0.5) is 5.69 Å². The van der Waals surface area contributed by atoms with Crippen molar-refractivity contribution in [1.29, 1.82) is 0 Å². The number of pyridine rings is 1. The molecule has 146 valence electrons. The van der Waals surface area contributed by atoms with E-state index in [0.717, 1.165) is 21.9 Å². The molecule has 0 amide bonds. The van der Waals surface area contributed by atoms with Crippen molar-refractivity contribution in [1.82, 2.24) is 4.98 Å². The minimum absolute atomic E-state index is 0.0937. The van der Waals surface area contributed by atoms with Gasteiger partial charge in [0.15, 0.2) is 11.5 Å². The number of hydrogen-bond acceptors (Lipinski definition) is 5. The number of aromatic nitrogens is 1. The number of anilines is 1. The van der Waals surface area contributed by atoms with E-state index in [1.54, 1.807) is 32.5 Å². The maximum atomic E-state index is 9.54. The summed E-state index contributed by atoms with van der Waals surface area (Å²) in [5.74, 6) is 1.45. The van der Waals surface area contributed by atoms with Crippen LogP contribution in [0.2, 0.25) is 0 Å². The molecule has 0 spiro atoms. The molecular weight excluding hydrogens is 340 g/mol. The summed E-state index contributed by atoms with van der Waals surface area (Å²) in [4.78, 5) is 4.30. The van der Waals surface area contributed by atoms with Crippen molar-refractivity contribution in [2.75, 3.05) is 20.0 Å². The molecule has 0 aliphatic rings. The van der Waals surface area contributed by atoms with Gasteiger partial charge in [-0.15, -0.1) is 0 Å². The molecule has 0 aliphatic heterocycles. The summed E-state index contributed by atoms with van der Waals surface area (Å²) in [7, 11) is 3.23. The fourth-order valence-corrected chi connectivity index (χ4v) is 2.63. The monoisotopic (exact) mass is 370 g/mol. The second-order valence-electron chi connectivity index (χ2n) is 5.30. The predicted octanol–water partition coefficient (Wildman–Crippen LogP) is 5.18. The van der Waals surface area contributed by atoms with Crippen LogP contribution in [0.5, 0.6) is 17.2 Å². The second kappa shape index (κ2) is 10.9. The van der Waals surface area contributed by atoms with Crippen molar-refractivity contribution in [3.05, 3.63) is 53.9 Å². The Bertz CT molecular complexity index is 864. The molecule has 0 unspecified atom stereocenters. The van der Waals surface area contributed by atoms with Crippen LogP contribution in [0.25, 0.3) is 10.8 Å². The molecule has 0 aliphatic carbocycles. The zero-order valence-corrected chi connectivity index (χ0v) is 17.0. The van der Waals surface area contributed by atoms with Crippen LogP contribution in [0, 0.1) is 0 Å². The van der Waals surface area contributed by atoms with E-state index < -0.39 is 0 Å². The van der Waals surface area contributed by atoms with E-state index in [9.17, 15) is 5.11 Å². The summed E-state index contributed by atoms with van der Waals surface area (Å²) in [5, 5.41) is 11.6. The van der Waals surface area contributed by atoms with Gasteiger partial charge in [0, 0.05) is 17.8 Å². The zero-order chi connectivity index (χ0) is 20.4. The van der Waals surface area contributed by atoms with E-state index in [1.165, 1.54) is 0 Å². The maximum Gasteiger partial charge on any atom is 0.161 e. The van der Waals surface area contributed by atoms with Crippen LogP contribution in [0.3, 0.4) is 0 Å². The molecule has 0 saturated carbocycles. The molecular formula is C22H30N2O3. The Morgan fingerprint density at radius 2 is 1.56 bits per heavy atom. The van der Waals surface area contributed by atoms with Crippen LogP contribution < -0.4 is 15.2 Å². The Morgan fingerprint density at radius 3 is 2.15 bits per heavy atom. The molecule has 5 nitrogen and oxygen atoms in total. The fraction of sp³-hybridized carbons (Fsp3) is 0.318. The van der Waals surface area contributed by atoms with Crippen LogP contribution >= 0.6 is 0 Å². The van der Waals surface area contributed by atoms with Crippen molar-refractivity contribution < 1.29 is 14.6 Å². The molecule has 0 fully saturated rings. The lowest BCUT2D eigenvalue weighted by atomic mass is 10.00. The predicted molar refractivity (Wildman–Crippen MR) is 113 cm³/mol. The number of fused-ring (bicyclic) bond motifs is 1. The maximum absolute atomic E-state index is 9.54. The molecule has 3 N–H and O–H groups in total. The number of methoxy groups -OCH3 is 2. The summed E-state index contributed by atoms with van der Waals surface area (Å²) in [6, 6.07) is 9.10. The van der Waals surface area contributed by atoms with Crippen LogP contribution in [-0.2, 0) is 6.42 Å². The largest absolute Gasteiger partial charge is 0.506 e. The first-order valence-electron chi connectivity index (χ1n) is 9.18. The van der Waals surface area contributed by atoms with Gasteiger partial charge in [-0.05, 0) is 47.2 Å². The summed E-state index contributed by atoms with van der Waals surface area (Å²) < 4.78 is 10.7. The molecule has 2 aromatic carbocycles. The first kappa shape index (κ1) is 22.1. The lowest BCUT2D eigenvalue weighted by Crippen LogP contribution is -1.96. The Kier molecular flexibility index (Phi) is 8.93. The third-order valence-electron chi connectivity index (χ3n) is 3.83. The zero-order valence-electron chi connectivity index (χ0n) is 17.0. The van der Waals surface area contributed by atoms with Gasteiger partial charge in [-0.1, -0.05) is 33.8 Å². The number of hydrogen-bond donors (Lipinski definition) is 2. The van der Waals surface area contributed by atoms with Crippen molar-refractivity contribution in [2.24, 2.45) is 0 Å². The average molecular weight is 370 g/mol. The number of phenolic OH excluding ortho intramolecular Hbond substituents is 1. The number of aromatic hydroxyl groups is 1. The summed E-state index contributed by atoms with van der Waals surface area (Å²) in [6.07, 6.45) is 4.29. The van der Waals surface area contributed by atoms with Gasteiger partial charge in [-0.2, -0.15) is 0 Å².